The van der Waals surface area contributed by atoms with Gasteiger partial charge >= 0.3 is 6.03 Å². The Morgan fingerprint density at radius 2 is 2.11 bits per heavy atom. The van der Waals surface area contributed by atoms with Crippen molar-refractivity contribution in [2.75, 3.05) is 25.0 Å². The van der Waals surface area contributed by atoms with Crippen molar-refractivity contribution in [1.82, 2.24) is 10.2 Å². The van der Waals surface area contributed by atoms with Crippen LogP contribution >= 0.6 is 11.6 Å². The first-order valence-corrected chi connectivity index (χ1v) is 7.14. The topological polar surface area (TPSA) is 44.4 Å². The van der Waals surface area contributed by atoms with Gasteiger partial charge in [0, 0.05) is 23.3 Å². The average molecular weight is 280 g/mol. The molecule has 4 rings (SSSR count). The highest BCUT2D eigenvalue weighted by Crippen LogP contribution is 2.27. The summed E-state index contributed by atoms with van der Waals surface area (Å²) in [7, 11) is 0. The number of rotatable bonds is 2. The number of piperidine rings is 3. The zero-order valence-corrected chi connectivity index (χ0v) is 11.5. The van der Waals surface area contributed by atoms with Crippen molar-refractivity contribution in [3.8, 4) is 0 Å². The molecule has 2 bridgehead atoms. The Hall–Kier alpha value is -1.26. The maximum atomic E-state index is 12.0. The first-order chi connectivity index (χ1) is 9.20. The van der Waals surface area contributed by atoms with E-state index in [1.54, 1.807) is 12.1 Å². The van der Waals surface area contributed by atoms with Gasteiger partial charge in [-0.2, -0.15) is 0 Å². The summed E-state index contributed by atoms with van der Waals surface area (Å²) in [5.41, 5.74) is 0.728. The molecule has 2 N–H and O–H groups in total. The smallest absolute Gasteiger partial charge is 0.319 e. The van der Waals surface area contributed by atoms with Crippen molar-refractivity contribution in [2.45, 2.75) is 18.9 Å². The monoisotopic (exact) mass is 279 g/mol. The van der Waals surface area contributed by atoms with E-state index in [9.17, 15) is 4.79 Å². The average Bonchev–Trinajstić information content (AvgIpc) is 2.40. The van der Waals surface area contributed by atoms with Crippen LogP contribution in [0.5, 0.6) is 0 Å². The summed E-state index contributed by atoms with van der Waals surface area (Å²) in [5, 5.41) is 6.55. The molecule has 0 saturated carbocycles. The fourth-order valence-electron chi connectivity index (χ4n) is 3.03. The second-order valence-corrected chi connectivity index (χ2v) is 5.79. The van der Waals surface area contributed by atoms with E-state index in [4.69, 9.17) is 11.6 Å². The molecular formula is C14H18ClN3O. The van der Waals surface area contributed by atoms with Gasteiger partial charge < -0.3 is 15.5 Å². The maximum Gasteiger partial charge on any atom is 0.319 e. The molecule has 0 aliphatic carbocycles. The second-order valence-electron chi connectivity index (χ2n) is 5.35. The molecule has 0 aromatic heterocycles. The quantitative estimate of drug-likeness (QED) is 0.874. The van der Waals surface area contributed by atoms with Crippen molar-refractivity contribution in [3.63, 3.8) is 0 Å². The molecule has 4 nitrogen and oxygen atoms in total. The molecule has 3 heterocycles. The molecule has 19 heavy (non-hydrogen) atoms. The molecule has 1 unspecified atom stereocenters. The van der Waals surface area contributed by atoms with Gasteiger partial charge in [-0.25, -0.2) is 4.79 Å². The van der Waals surface area contributed by atoms with E-state index in [2.05, 4.69) is 15.5 Å². The summed E-state index contributed by atoms with van der Waals surface area (Å²) < 4.78 is 0. The predicted octanol–water partition coefficient (Wildman–Crippen LogP) is 2.56. The molecule has 1 aromatic carbocycles. The van der Waals surface area contributed by atoms with Crippen LogP contribution in [0.4, 0.5) is 10.5 Å². The van der Waals surface area contributed by atoms with Gasteiger partial charge in [0.25, 0.3) is 0 Å². The van der Waals surface area contributed by atoms with E-state index in [0.717, 1.165) is 12.2 Å². The first kappa shape index (κ1) is 12.8. The first-order valence-electron chi connectivity index (χ1n) is 6.76. The van der Waals surface area contributed by atoms with Crippen molar-refractivity contribution in [3.05, 3.63) is 29.3 Å². The molecule has 2 amide bonds. The van der Waals surface area contributed by atoms with Gasteiger partial charge in [0.15, 0.2) is 0 Å². The largest absolute Gasteiger partial charge is 0.334 e. The Labute approximate surface area is 118 Å². The third kappa shape index (κ3) is 3.01. The Morgan fingerprint density at radius 1 is 1.32 bits per heavy atom. The number of anilines is 1. The van der Waals surface area contributed by atoms with Crippen molar-refractivity contribution in [2.24, 2.45) is 5.92 Å². The standard InChI is InChI=1S/C14H18ClN3O/c15-11-2-1-3-12(8-11)16-14(19)17-13-9-18-6-4-10(13)5-7-18/h1-3,8,10,13H,4-7,9H2,(H2,16,17,19). The highest BCUT2D eigenvalue weighted by atomic mass is 35.5. The second kappa shape index (κ2) is 5.39. The summed E-state index contributed by atoms with van der Waals surface area (Å²) in [5.74, 6) is 0.634. The van der Waals surface area contributed by atoms with Gasteiger partial charge in [-0.15, -0.1) is 0 Å². The number of hydrogen-bond donors (Lipinski definition) is 2. The number of hydrogen-bond acceptors (Lipinski definition) is 2. The molecule has 3 fully saturated rings. The number of fused-ring (bicyclic) bond motifs is 3. The van der Waals surface area contributed by atoms with Crippen LogP contribution in [-0.4, -0.2) is 36.6 Å². The molecule has 102 valence electrons. The van der Waals surface area contributed by atoms with Crippen LogP contribution in [0, 0.1) is 5.92 Å². The van der Waals surface area contributed by atoms with Crippen LogP contribution in [0.2, 0.25) is 5.02 Å². The Kier molecular flexibility index (Phi) is 3.62. The maximum absolute atomic E-state index is 12.0. The third-order valence-electron chi connectivity index (χ3n) is 4.06. The number of urea groups is 1. The molecule has 3 aliphatic rings. The van der Waals surface area contributed by atoms with Gasteiger partial charge in [-0.3, -0.25) is 0 Å². The molecule has 1 aromatic rings. The number of benzene rings is 1. The van der Waals surface area contributed by atoms with Crippen LogP contribution in [0.3, 0.4) is 0 Å². The van der Waals surface area contributed by atoms with Gasteiger partial charge in [0.1, 0.15) is 0 Å². The van der Waals surface area contributed by atoms with Crippen molar-refractivity contribution < 1.29 is 4.79 Å². The number of amides is 2. The Balaban J connectivity index is 1.57. The highest BCUT2D eigenvalue weighted by molar-refractivity contribution is 6.30. The summed E-state index contributed by atoms with van der Waals surface area (Å²) in [6, 6.07) is 7.34. The molecule has 3 saturated heterocycles. The lowest BCUT2D eigenvalue weighted by Crippen LogP contribution is -2.57. The van der Waals surface area contributed by atoms with E-state index in [1.165, 1.54) is 25.9 Å². The summed E-state index contributed by atoms with van der Waals surface area (Å²) in [4.78, 5) is 14.4. The van der Waals surface area contributed by atoms with E-state index >= 15 is 0 Å². The lowest BCUT2D eigenvalue weighted by Gasteiger charge is -2.44. The minimum atomic E-state index is -0.138. The number of nitrogens with one attached hydrogen (secondary N) is 2. The number of carbonyl (C=O) groups excluding carboxylic acids is 1. The highest BCUT2D eigenvalue weighted by Gasteiger charge is 2.34. The SMILES string of the molecule is O=C(Nc1cccc(Cl)c1)NC1CN2CCC1CC2. The van der Waals surface area contributed by atoms with Gasteiger partial charge in [0.2, 0.25) is 0 Å². The summed E-state index contributed by atoms with van der Waals surface area (Å²) >= 11 is 5.89. The van der Waals surface area contributed by atoms with Gasteiger partial charge in [-0.1, -0.05) is 17.7 Å². The van der Waals surface area contributed by atoms with Crippen LogP contribution in [-0.2, 0) is 0 Å². The zero-order chi connectivity index (χ0) is 13.2. The number of halogens is 1. The normalized spacial score (nSPS) is 29.0. The molecule has 1 atom stereocenters. The molecule has 0 radical (unpaired) electrons. The van der Waals surface area contributed by atoms with Crippen molar-refractivity contribution >= 4 is 23.3 Å². The van der Waals surface area contributed by atoms with E-state index in [-0.39, 0.29) is 12.1 Å². The van der Waals surface area contributed by atoms with Crippen LogP contribution in [0.1, 0.15) is 12.8 Å². The van der Waals surface area contributed by atoms with E-state index < -0.39 is 0 Å². The third-order valence-corrected chi connectivity index (χ3v) is 4.29. The van der Waals surface area contributed by atoms with E-state index in [0.29, 0.717) is 10.9 Å². The van der Waals surface area contributed by atoms with Crippen LogP contribution < -0.4 is 10.6 Å². The Bertz CT molecular complexity index is 472. The molecule has 5 heteroatoms. The summed E-state index contributed by atoms with van der Waals surface area (Å²) in [6.07, 6.45) is 2.39. The van der Waals surface area contributed by atoms with Crippen molar-refractivity contribution in [1.29, 1.82) is 0 Å². The van der Waals surface area contributed by atoms with Gasteiger partial charge in [-0.05, 0) is 50.0 Å². The van der Waals surface area contributed by atoms with E-state index in [1.807, 2.05) is 12.1 Å². The predicted molar refractivity (Wildman–Crippen MR) is 76.6 cm³/mol. The lowest BCUT2D eigenvalue weighted by atomic mass is 9.84. The fraction of sp³-hybridized carbons (Fsp3) is 0.500. The molecule has 0 spiro atoms. The minimum absolute atomic E-state index is 0.138. The lowest BCUT2D eigenvalue weighted by molar-refractivity contribution is 0.0777. The number of nitrogens with zero attached hydrogens (tertiary/aromatic N) is 1. The van der Waals surface area contributed by atoms with Gasteiger partial charge in [0.05, 0.1) is 0 Å². The molecular weight excluding hydrogens is 262 g/mol. The van der Waals surface area contributed by atoms with Crippen LogP contribution in [0.15, 0.2) is 24.3 Å². The fourth-order valence-corrected chi connectivity index (χ4v) is 3.22. The van der Waals surface area contributed by atoms with Crippen LogP contribution in [0.25, 0.3) is 0 Å². The zero-order valence-electron chi connectivity index (χ0n) is 10.7. The minimum Gasteiger partial charge on any atom is -0.334 e. The Morgan fingerprint density at radius 3 is 2.74 bits per heavy atom. The summed E-state index contributed by atoms with van der Waals surface area (Å²) in [6.45, 7) is 3.34. The number of carbonyl (C=O) groups is 1. The molecule has 3 aliphatic heterocycles.